The molecule has 0 spiro atoms. The molecule has 2 aromatic rings. The highest BCUT2D eigenvalue weighted by molar-refractivity contribution is 5.83. The molecule has 1 aromatic heterocycles. The topological polar surface area (TPSA) is 25.2 Å². The third-order valence-corrected chi connectivity index (χ3v) is 2.84. The monoisotopic (exact) mass is 203 g/mol. The van der Waals surface area contributed by atoms with E-state index in [1.54, 1.807) is 0 Å². The maximum atomic E-state index is 8.74. The molecule has 0 unspecified atom stereocenters. The van der Waals surface area contributed by atoms with Crippen LogP contribution in [0.25, 0.3) is 10.9 Å². The Morgan fingerprint density at radius 1 is 1.20 bits per heavy atom. The van der Waals surface area contributed by atoms with E-state index in [4.69, 9.17) is 5.11 Å². The van der Waals surface area contributed by atoms with Crippen LogP contribution in [0.4, 0.5) is 0 Å². The molecule has 0 saturated carbocycles. The Bertz CT molecular complexity index is 445. The first kappa shape index (κ1) is 10.2. The molecule has 0 fully saturated rings. The van der Waals surface area contributed by atoms with Crippen molar-refractivity contribution in [1.29, 1.82) is 0 Å². The van der Waals surface area contributed by atoms with Crippen molar-refractivity contribution in [1.82, 2.24) is 4.57 Å². The number of rotatable bonds is 4. The van der Waals surface area contributed by atoms with Crippen molar-refractivity contribution in [3.8, 4) is 0 Å². The van der Waals surface area contributed by atoms with E-state index >= 15 is 0 Å². The highest BCUT2D eigenvalue weighted by atomic mass is 16.2. The van der Waals surface area contributed by atoms with Crippen LogP contribution in [0.5, 0.6) is 0 Å². The molecule has 0 amide bonds. The molecular weight excluding hydrogens is 186 g/mol. The molecule has 0 radical (unpaired) electrons. The van der Waals surface area contributed by atoms with Gasteiger partial charge in [0.1, 0.15) is 0 Å². The predicted octanol–water partition coefficient (Wildman–Crippen LogP) is 2.72. The highest BCUT2D eigenvalue weighted by Crippen LogP contribution is 2.19. The van der Waals surface area contributed by atoms with Gasteiger partial charge in [0.2, 0.25) is 0 Å². The Morgan fingerprint density at radius 2 is 2.07 bits per heavy atom. The molecule has 80 valence electrons. The fraction of sp³-hybridized carbons (Fsp3) is 0.385. The molecule has 0 bridgehead atoms. The van der Waals surface area contributed by atoms with E-state index in [0.717, 1.165) is 19.4 Å². The molecule has 2 heteroatoms. The average Bonchev–Trinajstić information content (AvgIpc) is 2.64. The molecule has 0 atom stereocenters. The molecule has 1 N–H and O–H groups in total. The molecule has 0 aliphatic carbocycles. The Balaban J connectivity index is 2.25. The van der Waals surface area contributed by atoms with Crippen molar-refractivity contribution < 1.29 is 5.11 Å². The van der Waals surface area contributed by atoms with Crippen LogP contribution >= 0.6 is 0 Å². The first-order valence-corrected chi connectivity index (χ1v) is 5.48. The van der Waals surface area contributed by atoms with E-state index < -0.39 is 0 Å². The summed E-state index contributed by atoms with van der Waals surface area (Å²) in [5, 5.41) is 10.1. The standard InChI is InChI=1S/C13H17NO/c1-11-5-4-6-13-12(11)7-9-14(13)8-2-3-10-15/h4-7,9,15H,2-3,8,10H2,1H3. The summed E-state index contributed by atoms with van der Waals surface area (Å²) in [5.41, 5.74) is 2.63. The highest BCUT2D eigenvalue weighted by Gasteiger charge is 2.01. The van der Waals surface area contributed by atoms with Crippen molar-refractivity contribution in [3.05, 3.63) is 36.0 Å². The lowest BCUT2D eigenvalue weighted by molar-refractivity contribution is 0.281. The fourth-order valence-corrected chi connectivity index (χ4v) is 1.97. The summed E-state index contributed by atoms with van der Waals surface area (Å²) in [6.07, 6.45) is 4.05. The van der Waals surface area contributed by atoms with E-state index in [0.29, 0.717) is 0 Å². The molecule has 15 heavy (non-hydrogen) atoms. The minimum absolute atomic E-state index is 0.290. The second kappa shape index (κ2) is 4.49. The second-order valence-corrected chi connectivity index (χ2v) is 3.95. The minimum atomic E-state index is 0.290. The van der Waals surface area contributed by atoms with Crippen LogP contribution in [0.3, 0.4) is 0 Å². The number of aryl methyl sites for hydroxylation is 2. The maximum Gasteiger partial charge on any atom is 0.0482 e. The van der Waals surface area contributed by atoms with Gasteiger partial charge in [-0.1, -0.05) is 12.1 Å². The predicted molar refractivity (Wildman–Crippen MR) is 63.0 cm³/mol. The smallest absolute Gasteiger partial charge is 0.0482 e. The number of hydrogen-bond acceptors (Lipinski definition) is 1. The zero-order valence-corrected chi connectivity index (χ0v) is 9.11. The minimum Gasteiger partial charge on any atom is -0.396 e. The average molecular weight is 203 g/mol. The Morgan fingerprint density at radius 3 is 2.87 bits per heavy atom. The quantitative estimate of drug-likeness (QED) is 0.759. The van der Waals surface area contributed by atoms with Gasteiger partial charge in [-0.2, -0.15) is 0 Å². The third-order valence-electron chi connectivity index (χ3n) is 2.84. The van der Waals surface area contributed by atoms with Crippen LogP contribution in [0.1, 0.15) is 18.4 Å². The lowest BCUT2D eigenvalue weighted by atomic mass is 10.1. The zero-order valence-electron chi connectivity index (χ0n) is 9.11. The first-order chi connectivity index (χ1) is 7.33. The van der Waals surface area contributed by atoms with E-state index in [-0.39, 0.29) is 6.61 Å². The van der Waals surface area contributed by atoms with Gasteiger partial charge >= 0.3 is 0 Å². The van der Waals surface area contributed by atoms with Gasteiger partial charge in [0, 0.05) is 30.3 Å². The van der Waals surface area contributed by atoms with Crippen LogP contribution < -0.4 is 0 Å². The van der Waals surface area contributed by atoms with Crippen molar-refractivity contribution in [2.45, 2.75) is 26.3 Å². The van der Waals surface area contributed by atoms with Gasteiger partial charge in [0.25, 0.3) is 0 Å². The van der Waals surface area contributed by atoms with E-state index in [2.05, 4.69) is 42.0 Å². The van der Waals surface area contributed by atoms with Crippen LogP contribution in [-0.4, -0.2) is 16.3 Å². The van der Waals surface area contributed by atoms with Gasteiger partial charge < -0.3 is 9.67 Å². The van der Waals surface area contributed by atoms with Gasteiger partial charge in [-0.15, -0.1) is 0 Å². The van der Waals surface area contributed by atoms with Gasteiger partial charge in [0.15, 0.2) is 0 Å². The molecule has 0 saturated heterocycles. The van der Waals surface area contributed by atoms with E-state index in [9.17, 15) is 0 Å². The summed E-state index contributed by atoms with van der Waals surface area (Å²) in [7, 11) is 0. The SMILES string of the molecule is Cc1cccc2c1ccn2CCCCO. The molecule has 0 aliphatic heterocycles. The summed E-state index contributed by atoms with van der Waals surface area (Å²) in [4.78, 5) is 0. The van der Waals surface area contributed by atoms with Crippen LogP contribution in [-0.2, 0) is 6.54 Å². The Kier molecular flexibility index (Phi) is 3.07. The summed E-state index contributed by atoms with van der Waals surface area (Å²) in [6.45, 7) is 3.42. The van der Waals surface area contributed by atoms with Crippen molar-refractivity contribution in [2.24, 2.45) is 0 Å². The molecular formula is C13H17NO. The summed E-state index contributed by atoms with van der Waals surface area (Å²) in [5.74, 6) is 0. The van der Waals surface area contributed by atoms with Crippen LogP contribution in [0, 0.1) is 6.92 Å². The number of aromatic nitrogens is 1. The fourth-order valence-electron chi connectivity index (χ4n) is 1.97. The van der Waals surface area contributed by atoms with Gasteiger partial charge in [-0.3, -0.25) is 0 Å². The number of nitrogens with zero attached hydrogens (tertiary/aromatic N) is 1. The summed E-state index contributed by atoms with van der Waals surface area (Å²) >= 11 is 0. The lowest BCUT2D eigenvalue weighted by Gasteiger charge is -2.04. The van der Waals surface area contributed by atoms with Gasteiger partial charge in [0.05, 0.1) is 0 Å². The number of aliphatic hydroxyl groups excluding tert-OH is 1. The maximum absolute atomic E-state index is 8.74. The van der Waals surface area contributed by atoms with Crippen LogP contribution in [0.2, 0.25) is 0 Å². The lowest BCUT2D eigenvalue weighted by Crippen LogP contribution is -1.97. The van der Waals surface area contributed by atoms with E-state index in [1.165, 1.54) is 16.5 Å². The molecule has 2 nitrogen and oxygen atoms in total. The molecule has 1 aromatic carbocycles. The normalized spacial score (nSPS) is 11.1. The number of aliphatic hydroxyl groups is 1. The van der Waals surface area contributed by atoms with Crippen molar-refractivity contribution in [2.75, 3.05) is 6.61 Å². The summed E-state index contributed by atoms with van der Waals surface area (Å²) < 4.78 is 2.26. The van der Waals surface area contributed by atoms with E-state index in [1.807, 2.05) is 0 Å². The summed E-state index contributed by atoms with van der Waals surface area (Å²) in [6, 6.07) is 8.56. The van der Waals surface area contributed by atoms with Gasteiger partial charge in [-0.05, 0) is 37.5 Å². The second-order valence-electron chi connectivity index (χ2n) is 3.95. The first-order valence-electron chi connectivity index (χ1n) is 5.48. The molecule has 1 heterocycles. The third kappa shape index (κ3) is 2.05. The molecule has 0 aliphatic rings. The number of unbranched alkanes of at least 4 members (excludes halogenated alkanes) is 1. The van der Waals surface area contributed by atoms with Gasteiger partial charge in [-0.25, -0.2) is 0 Å². The van der Waals surface area contributed by atoms with Crippen molar-refractivity contribution >= 4 is 10.9 Å². The Labute approximate surface area is 90.2 Å². The Hall–Kier alpha value is -1.28. The number of hydrogen-bond donors (Lipinski definition) is 1. The van der Waals surface area contributed by atoms with Crippen molar-refractivity contribution in [3.63, 3.8) is 0 Å². The largest absolute Gasteiger partial charge is 0.396 e. The number of fused-ring (bicyclic) bond motifs is 1. The zero-order chi connectivity index (χ0) is 10.7. The number of benzene rings is 1. The van der Waals surface area contributed by atoms with Crippen LogP contribution in [0.15, 0.2) is 30.5 Å². The molecule has 2 rings (SSSR count).